The van der Waals surface area contributed by atoms with Gasteiger partial charge in [-0.3, -0.25) is 4.79 Å². The quantitative estimate of drug-likeness (QED) is 0.906. The summed E-state index contributed by atoms with van der Waals surface area (Å²) < 4.78 is 13.8. The number of nitrogens with zero attached hydrogens (tertiary/aromatic N) is 1. The number of hydrogen-bond donors (Lipinski definition) is 1. The molecule has 0 aliphatic carbocycles. The molecule has 1 aliphatic heterocycles. The van der Waals surface area contributed by atoms with Crippen molar-refractivity contribution in [2.24, 2.45) is 0 Å². The molecule has 1 heterocycles. The highest BCUT2D eigenvalue weighted by atomic mass is 35.5. The summed E-state index contributed by atoms with van der Waals surface area (Å²) in [5.74, 6) is -0.437. The maximum absolute atomic E-state index is 13.8. The highest BCUT2D eigenvalue weighted by Gasteiger charge is 2.25. The summed E-state index contributed by atoms with van der Waals surface area (Å²) in [6, 6.07) is 4.79. The lowest BCUT2D eigenvalue weighted by atomic mass is 10.0. The second-order valence-corrected chi connectivity index (χ2v) is 5.85. The van der Waals surface area contributed by atoms with Gasteiger partial charge >= 0.3 is 0 Å². The summed E-state index contributed by atoms with van der Waals surface area (Å²) in [6.45, 7) is 4.63. The lowest BCUT2D eigenvalue weighted by Gasteiger charge is -2.34. The van der Waals surface area contributed by atoms with Crippen molar-refractivity contribution in [3.8, 4) is 0 Å². The van der Waals surface area contributed by atoms with Crippen LogP contribution in [0.3, 0.4) is 0 Å². The first-order chi connectivity index (χ1) is 10.1. The molecule has 2 rings (SSSR count). The molecule has 0 spiro atoms. The van der Waals surface area contributed by atoms with Crippen LogP contribution < -0.4 is 5.32 Å². The Morgan fingerprint density at radius 2 is 2.14 bits per heavy atom. The van der Waals surface area contributed by atoms with Crippen molar-refractivity contribution >= 4 is 17.5 Å². The number of halogens is 2. The van der Waals surface area contributed by atoms with Crippen LogP contribution in [0.25, 0.3) is 0 Å². The van der Waals surface area contributed by atoms with E-state index in [0.29, 0.717) is 10.6 Å². The molecular formula is C16H22ClFN2O. The van der Waals surface area contributed by atoms with Crippen molar-refractivity contribution in [3.63, 3.8) is 0 Å². The predicted octanol–water partition coefficient (Wildman–Crippen LogP) is 3.01. The topological polar surface area (TPSA) is 32.3 Å². The van der Waals surface area contributed by atoms with Crippen LogP contribution in [0, 0.1) is 5.82 Å². The van der Waals surface area contributed by atoms with Gasteiger partial charge in [0.15, 0.2) is 0 Å². The van der Waals surface area contributed by atoms with Gasteiger partial charge in [-0.1, -0.05) is 24.6 Å². The second-order valence-electron chi connectivity index (χ2n) is 5.45. The third-order valence-electron chi connectivity index (χ3n) is 3.92. The molecule has 3 nitrogen and oxygen atoms in total. The minimum atomic E-state index is -0.405. The van der Waals surface area contributed by atoms with Crippen LogP contribution in [0.2, 0.25) is 5.02 Å². The Bertz CT molecular complexity index is 469. The Morgan fingerprint density at radius 3 is 2.76 bits per heavy atom. The second kappa shape index (κ2) is 7.76. The van der Waals surface area contributed by atoms with Crippen LogP contribution in [0.1, 0.15) is 31.7 Å². The summed E-state index contributed by atoms with van der Waals surface area (Å²) in [7, 11) is 0. The van der Waals surface area contributed by atoms with Crippen LogP contribution in [-0.2, 0) is 11.2 Å². The summed E-state index contributed by atoms with van der Waals surface area (Å²) in [4.78, 5) is 14.5. The minimum Gasteiger partial charge on any atom is -0.339 e. The van der Waals surface area contributed by atoms with Gasteiger partial charge in [0.05, 0.1) is 6.42 Å². The summed E-state index contributed by atoms with van der Waals surface area (Å²) in [5.41, 5.74) is 0.305. The van der Waals surface area contributed by atoms with E-state index in [0.717, 1.165) is 38.9 Å². The van der Waals surface area contributed by atoms with Gasteiger partial charge < -0.3 is 10.2 Å². The van der Waals surface area contributed by atoms with E-state index in [1.165, 1.54) is 6.07 Å². The van der Waals surface area contributed by atoms with E-state index >= 15 is 0 Å². The number of rotatable bonds is 5. The zero-order valence-corrected chi connectivity index (χ0v) is 13.1. The average Bonchev–Trinajstić information content (AvgIpc) is 2.49. The van der Waals surface area contributed by atoms with Gasteiger partial charge in [-0.2, -0.15) is 0 Å². The van der Waals surface area contributed by atoms with Gasteiger partial charge in [0.1, 0.15) is 5.82 Å². The van der Waals surface area contributed by atoms with Crippen molar-refractivity contribution in [1.82, 2.24) is 10.2 Å². The normalized spacial score (nSPS) is 16.0. The Morgan fingerprint density at radius 1 is 1.43 bits per heavy atom. The third kappa shape index (κ3) is 4.17. The molecule has 1 amide bonds. The number of carbonyl (C=O) groups excluding carboxylic acids is 1. The fourth-order valence-electron chi connectivity index (χ4n) is 2.82. The Balaban J connectivity index is 2.11. The number of benzene rings is 1. The van der Waals surface area contributed by atoms with Gasteiger partial charge in [-0.25, -0.2) is 4.39 Å². The van der Waals surface area contributed by atoms with E-state index in [4.69, 9.17) is 11.6 Å². The van der Waals surface area contributed by atoms with E-state index in [-0.39, 0.29) is 18.4 Å². The summed E-state index contributed by atoms with van der Waals surface area (Å²) >= 11 is 6.02. The van der Waals surface area contributed by atoms with Crippen LogP contribution in [0.5, 0.6) is 0 Å². The zero-order valence-electron chi connectivity index (χ0n) is 12.4. The number of piperidine rings is 1. The molecule has 1 N–H and O–H groups in total. The van der Waals surface area contributed by atoms with Gasteiger partial charge in [0.25, 0.3) is 0 Å². The van der Waals surface area contributed by atoms with Gasteiger partial charge in [0, 0.05) is 23.2 Å². The highest BCUT2D eigenvalue weighted by Crippen LogP contribution is 2.21. The Labute approximate surface area is 130 Å². The standard InChI is InChI=1S/C16H22ClFN2O/c1-2-10-20(12-6-8-19-9-7-12)16(21)11-13-14(17)4-3-5-15(13)18/h3-5,12,19H,2,6-11H2,1H3. The molecule has 1 aliphatic rings. The smallest absolute Gasteiger partial charge is 0.227 e. The molecule has 21 heavy (non-hydrogen) atoms. The number of hydrogen-bond acceptors (Lipinski definition) is 2. The van der Waals surface area contributed by atoms with E-state index in [2.05, 4.69) is 12.2 Å². The van der Waals surface area contributed by atoms with E-state index in [9.17, 15) is 9.18 Å². The largest absolute Gasteiger partial charge is 0.339 e. The number of nitrogens with one attached hydrogen (secondary N) is 1. The molecule has 0 atom stereocenters. The lowest BCUT2D eigenvalue weighted by Crippen LogP contribution is -2.47. The SMILES string of the molecule is CCCN(C(=O)Cc1c(F)cccc1Cl)C1CCNCC1. The first kappa shape index (κ1) is 16.2. The van der Waals surface area contributed by atoms with Crippen molar-refractivity contribution in [3.05, 3.63) is 34.6 Å². The zero-order chi connectivity index (χ0) is 15.2. The van der Waals surface area contributed by atoms with Crippen LogP contribution in [-0.4, -0.2) is 36.5 Å². The van der Waals surface area contributed by atoms with Crippen molar-refractivity contribution in [1.29, 1.82) is 0 Å². The molecular weight excluding hydrogens is 291 g/mol. The number of carbonyl (C=O) groups is 1. The maximum Gasteiger partial charge on any atom is 0.227 e. The fourth-order valence-corrected chi connectivity index (χ4v) is 3.05. The molecule has 0 aromatic heterocycles. The maximum atomic E-state index is 13.8. The van der Waals surface area contributed by atoms with Crippen molar-refractivity contribution < 1.29 is 9.18 Å². The average molecular weight is 313 g/mol. The molecule has 0 radical (unpaired) electrons. The Kier molecular flexibility index (Phi) is 6.00. The lowest BCUT2D eigenvalue weighted by molar-refractivity contribution is -0.133. The predicted molar refractivity (Wildman–Crippen MR) is 83.0 cm³/mol. The van der Waals surface area contributed by atoms with Gasteiger partial charge in [-0.15, -0.1) is 0 Å². The minimum absolute atomic E-state index is 0.0317. The van der Waals surface area contributed by atoms with E-state index < -0.39 is 5.82 Å². The Hall–Kier alpha value is -1.13. The van der Waals surface area contributed by atoms with Crippen LogP contribution in [0.4, 0.5) is 4.39 Å². The van der Waals surface area contributed by atoms with E-state index in [1.807, 2.05) is 4.90 Å². The molecule has 0 bridgehead atoms. The van der Waals surface area contributed by atoms with Crippen molar-refractivity contribution in [2.75, 3.05) is 19.6 Å². The molecule has 1 aromatic carbocycles. The first-order valence-electron chi connectivity index (χ1n) is 7.56. The van der Waals surface area contributed by atoms with Gasteiger partial charge in [-0.05, 0) is 44.5 Å². The van der Waals surface area contributed by atoms with Crippen LogP contribution in [0.15, 0.2) is 18.2 Å². The fraction of sp³-hybridized carbons (Fsp3) is 0.562. The molecule has 1 aromatic rings. The third-order valence-corrected chi connectivity index (χ3v) is 4.28. The van der Waals surface area contributed by atoms with Crippen LogP contribution >= 0.6 is 11.6 Å². The molecule has 0 unspecified atom stereocenters. The van der Waals surface area contributed by atoms with Gasteiger partial charge in [0.2, 0.25) is 5.91 Å². The number of amides is 1. The highest BCUT2D eigenvalue weighted by molar-refractivity contribution is 6.31. The van der Waals surface area contributed by atoms with Crippen molar-refractivity contribution in [2.45, 2.75) is 38.6 Å². The molecule has 116 valence electrons. The monoisotopic (exact) mass is 312 g/mol. The summed E-state index contributed by atoms with van der Waals surface area (Å²) in [5, 5.41) is 3.62. The molecule has 1 fully saturated rings. The summed E-state index contributed by atoms with van der Waals surface area (Å²) in [6.07, 6.45) is 2.85. The molecule has 5 heteroatoms. The molecule has 0 saturated carbocycles. The van der Waals surface area contributed by atoms with E-state index in [1.54, 1.807) is 12.1 Å². The molecule has 1 saturated heterocycles. The first-order valence-corrected chi connectivity index (χ1v) is 7.94.